The molecule has 2 aromatic carbocycles. The van der Waals surface area contributed by atoms with Crippen molar-refractivity contribution in [3.63, 3.8) is 0 Å². The molecule has 0 saturated carbocycles. The van der Waals surface area contributed by atoms with Gasteiger partial charge in [-0.2, -0.15) is 4.52 Å². The molecule has 182 valence electrons. The Kier molecular flexibility index (Phi) is 5.96. The second-order valence-electron chi connectivity index (χ2n) is 9.92. The molecule has 1 fully saturated rings. The summed E-state index contributed by atoms with van der Waals surface area (Å²) in [4.78, 5) is 22.5. The molecule has 2 aromatic heterocycles. The summed E-state index contributed by atoms with van der Waals surface area (Å²) >= 11 is 1.55. The Morgan fingerprint density at radius 2 is 1.80 bits per heavy atom. The molecule has 1 amide bonds. The van der Waals surface area contributed by atoms with Crippen molar-refractivity contribution in [2.24, 2.45) is 0 Å². The molecular formula is C26H29FN6OS. The van der Waals surface area contributed by atoms with Crippen molar-refractivity contribution in [3.8, 4) is 11.3 Å². The van der Waals surface area contributed by atoms with Crippen LogP contribution in [0.4, 0.5) is 15.3 Å². The lowest BCUT2D eigenvalue weighted by Crippen LogP contribution is -2.48. The van der Waals surface area contributed by atoms with Gasteiger partial charge in [0.15, 0.2) is 5.82 Å². The number of hydrogen-bond donors (Lipinski definition) is 1. The first-order valence-electron chi connectivity index (χ1n) is 11.7. The summed E-state index contributed by atoms with van der Waals surface area (Å²) in [5.74, 6) is 0.336. The second-order valence-corrected chi connectivity index (χ2v) is 10.9. The molecular weight excluding hydrogens is 463 g/mol. The molecule has 3 heterocycles. The lowest BCUT2D eigenvalue weighted by Gasteiger charge is -2.34. The molecule has 35 heavy (non-hydrogen) atoms. The van der Waals surface area contributed by atoms with Crippen LogP contribution in [0.1, 0.15) is 36.7 Å². The van der Waals surface area contributed by atoms with Gasteiger partial charge in [0.25, 0.3) is 5.91 Å². The Hall–Kier alpha value is -3.46. The molecule has 1 saturated heterocycles. The highest BCUT2D eigenvalue weighted by Gasteiger charge is 2.27. The van der Waals surface area contributed by atoms with Crippen LogP contribution in [0.2, 0.25) is 0 Å². The first kappa shape index (κ1) is 23.3. The monoisotopic (exact) mass is 492 g/mol. The third-order valence-corrected chi connectivity index (χ3v) is 6.86. The van der Waals surface area contributed by atoms with Crippen molar-refractivity contribution in [2.75, 3.05) is 36.4 Å². The van der Waals surface area contributed by atoms with Gasteiger partial charge in [-0.1, -0.05) is 41.2 Å². The summed E-state index contributed by atoms with van der Waals surface area (Å²) in [5.41, 5.74) is 3.34. The van der Waals surface area contributed by atoms with E-state index in [2.05, 4.69) is 56.1 Å². The van der Waals surface area contributed by atoms with E-state index in [9.17, 15) is 9.18 Å². The lowest BCUT2D eigenvalue weighted by molar-refractivity contribution is 0.0746. The van der Waals surface area contributed by atoms with Crippen LogP contribution in [-0.4, -0.2) is 57.1 Å². The molecule has 0 bridgehead atoms. The summed E-state index contributed by atoms with van der Waals surface area (Å²) < 4.78 is 15.4. The van der Waals surface area contributed by atoms with E-state index in [1.807, 2.05) is 10.6 Å². The number of nitrogens with zero attached hydrogens (tertiary/aromatic N) is 5. The van der Waals surface area contributed by atoms with Crippen molar-refractivity contribution in [1.82, 2.24) is 19.5 Å². The van der Waals surface area contributed by atoms with Crippen LogP contribution in [0, 0.1) is 12.7 Å². The lowest BCUT2D eigenvalue weighted by atomic mass is 10.1. The molecule has 0 unspecified atom stereocenters. The average molecular weight is 493 g/mol. The molecule has 0 aliphatic carbocycles. The third kappa shape index (κ3) is 4.86. The quantitative estimate of drug-likeness (QED) is 0.431. The summed E-state index contributed by atoms with van der Waals surface area (Å²) in [6, 6.07) is 14.2. The van der Waals surface area contributed by atoms with Gasteiger partial charge in [0, 0.05) is 42.8 Å². The Labute approximate surface area is 208 Å². The zero-order valence-electron chi connectivity index (χ0n) is 20.4. The number of carbonyl (C=O) groups excluding carboxylic acids is 1. The maximum atomic E-state index is 13.5. The number of fused-ring (bicyclic) bond motifs is 1. The summed E-state index contributed by atoms with van der Waals surface area (Å²) in [5, 5.41) is 9.38. The fraction of sp³-hybridized carbons (Fsp3) is 0.346. The van der Waals surface area contributed by atoms with Gasteiger partial charge in [-0.3, -0.25) is 4.79 Å². The van der Waals surface area contributed by atoms with Crippen LogP contribution in [0.5, 0.6) is 0 Å². The van der Waals surface area contributed by atoms with E-state index in [0.29, 0.717) is 31.7 Å². The number of piperazine rings is 1. The standard InChI is InChI=1S/C26H29FN6OS/c1-17-7-5-8-18(15-17)21-22(29-26(2,3)4)33-24(28-21)35-25(30-33)32-13-11-31(12-14-32)23(34)19-9-6-10-20(27)16-19/h5-10,15-16,29H,11-14H2,1-4H3. The number of rotatable bonds is 4. The number of halogens is 1. The van der Waals surface area contributed by atoms with Crippen molar-refractivity contribution in [3.05, 3.63) is 65.5 Å². The first-order valence-corrected chi connectivity index (χ1v) is 12.5. The zero-order chi connectivity index (χ0) is 24.7. The predicted molar refractivity (Wildman–Crippen MR) is 139 cm³/mol. The van der Waals surface area contributed by atoms with E-state index >= 15 is 0 Å². The summed E-state index contributed by atoms with van der Waals surface area (Å²) in [7, 11) is 0. The molecule has 0 atom stereocenters. The van der Waals surface area contributed by atoms with Crippen molar-refractivity contribution >= 4 is 33.2 Å². The number of aromatic nitrogens is 3. The minimum Gasteiger partial charge on any atom is -0.364 e. The number of carbonyl (C=O) groups is 1. The Morgan fingerprint density at radius 1 is 1.06 bits per heavy atom. The van der Waals surface area contributed by atoms with Gasteiger partial charge in [-0.25, -0.2) is 9.37 Å². The number of nitrogens with one attached hydrogen (secondary N) is 1. The number of amides is 1. The summed E-state index contributed by atoms with van der Waals surface area (Å²) in [6.45, 7) is 10.9. The van der Waals surface area contributed by atoms with Crippen LogP contribution >= 0.6 is 11.3 Å². The second kappa shape index (κ2) is 8.96. The maximum absolute atomic E-state index is 13.5. The van der Waals surface area contributed by atoms with E-state index < -0.39 is 5.82 Å². The normalized spacial score (nSPS) is 14.5. The van der Waals surface area contributed by atoms with Gasteiger partial charge in [-0.15, -0.1) is 5.10 Å². The molecule has 1 aliphatic rings. The molecule has 1 aliphatic heterocycles. The van der Waals surface area contributed by atoms with Crippen LogP contribution in [-0.2, 0) is 0 Å². The topological polar surface area (TPSA) is 65.8 Å². The third-order valence-electron chi connectivity index (χ3n) is 5.89. The molecule has 1 N–H and O–H groups in total. The SMILES string of the molecule is Cc1cccc(-c2nc3sc(N4CCN(C(=O)c5cccc(F)c5)CC4)nn3c2NC(C)(C)C)c1. The van der Waals surface area contributed by atoms with Gasteiger partial charge in [-0.05, 0) is 52.0 Å². The molecule has 7 nitrogen and oxygen atoms in total. The fourth-order valence-electron chi connectivity index (χ4n) is 4.23. The average Bonchev–Trinajstić information content (AvgIpc) is 3.37. The predicted octanol–water partition coefficient (Wildman–Crippen LogP) is 5.08. The zero-order valence-corrected chi connectivity index (χ0v) is 21.2. The van der Waals surface area contributed by atoms with Gasteiger partial charge in [0.1, 0.15) is 11.5 Å². The number of anilines is 2. The molecule has 0 spiro atoms. The molecule has 9 heteroatoms. The van der Waals surface area contributed by atoms with Gasteiger partial charge >= 0.3 is 0 Å². The summed E-state index contributed by atoms with van der Waals surface area (Å²) in [6.07, 6.45) is 0. The largest absolute Gasteiger partial charge is 0.364 e. The number of hydrogen-bond acceptors (Lipinski definition) is 6. The number of imidazole rings is 1. The van der Waals surface area contributed by atoms with Gasteiger partial charge in [0.05, 0.1) is 0 Å². The van der Waals surface area contributed by atoms with Crippen LogP contribution in [0.25, 0.3) is 16.2 Å². The van der Waals surface area contributed by atoms with Crippen LogP contribution in [0.3, 0.4) is 0 Å². The van der Waals surface area contributed by atoms with Crippen molar-refractivity contribution < 1.29 is 9.18 Å². The minimum atomic E-state index is -0.398. The highest BCUT2D eigenvalue weighted by atomic mass is 32.1. The maximum Gasteiger partial charge on any atom is 0.254 e. The first-order chi connectivity index (χ1) is 16.7. The highest BCUT2D eigenvalue weighted by Crippen LogP contribution is 2.35. The van der Waals surface area contributed by atoms with Gasteiger partial charge < -0.3 is 15.1 Å². The number of benzene rings is 2. The van der Waals surface area contributed by atoms with Crippen molar-refractivity contribution in [2.45, 2.75) is 33.2 Å². The van der Waals surface area contributed by atoms with Gasteiger partial charge in [0.2, 0.25) is 10.1 Å². The molecule has 4 aromatic rings. The van der Waals surface area contributed by atoms with E-state index in [1.165, 1.54) is 17.7 Å². The van der Waals surface area contributed by atoms with Crippen LogP contribution in [0.15, 0.2) is 48.5 Å². The Morgan fingerprint density at radius 3 is 2.49 bits per heavy atom. The van der Waals surface area contributed by atoms with E-state index in [1.54, 1.807) is 28.4 Å². The Balaban J connectivity index is 1.39. The highest BCUT2D eigenvalue weighted by molar-refractivity contribution is 7.20. The van der Waals surface area contributed by atoms with Crippen molar-refractivity contribution in [1.29, 1.82) is 0 Å². The Bertz CT molecular complexity index is 1380. The molecule has 0 radical (unpaired) electrons. The number of aryl methyl sites for hydroxylation is 1. The fourth-order valence-corrected chi connectivity index (χ4v) is 5.18. The minimum absolute atomic E-state index is 0.141. The van der Waals surface area contributed by atoms with E-state index in [-0.39, 0.29) is 11.4 Å². The van der Waals surface area contributed by atoms with Crippen LogP contribution < -0.4 is 10.2 Å². The molecule has 5 rings (SSSR count). The van der Waals surface area contributed by atoms with E-state index in [4.69, 9.17) is 10.1 Å². The van der Waals surface area contributed by atoms with E-state index in [0.717, 1.165) is 27.2 Å². The smallest absolute Gasteiger partial charge is 0.254 e.